The summed E-state index contributed by atoms with van der Waals surface area (Å²) in [4.78, 5) is 4.22. The number of aromatic nitrogens is 5. The average molecular weight is 277 g/mol. The van der Waals surface area contributed by atoms with E-state index < -0.39 is 0 Å². The van der Waals surface area contributed by atoms with E-state index in [9.17, 15) is 0 Å². The van der Waals surface area contributed by atoms with Gasteiger partial charge in [-0.15, -0.1) is 10.2 Å². The third-order valence-corrected chi connectivity index (χ3v) is 3.34. The summed E-state index contributed by atoms with van der Waals surface area (Å²) in [7, 11) is 0. The molecule has 0 spiro atoms. The molecular formula is C15H11N5O. The van der Waals surface area contributed by atoms with Gasteiger partial charge >= 0.3 is 0 Å². The van der Waals surface area contributed by atoms with Gasteiger partial charge in [0.25, 0.3) is 0 Å². The van der Waals surface area contributed by atoms with Gasteiger partial charge in [0, 0.05) is 28.4 Å². The number of nitrogens with one attached hydrogen (secondary N) is 1. The van der Waals surface area contributed by atoms with Crippen LogP contribution < -0.4 is 0 Å². The van der Waals surface area contributed by atoms with Crippen molar-refractivity contribution in [2.45, 2.75) is 6.92 Å². The zero-order valence-electron chi connectivity index (χ0n) is 11.2. The quantitative estimate of drug-likeness (QED) is 0.609. The van der Waals surface area contributed by atoms with Gasteiger partial charge in [-0.2, -0.15) is 5.10 Å². The van der Waals surface area contributed by atoms with E-state index in [-0.39, 0.29) is 0 Å². The summed E-state index contributed by atoms with van der Waals surface area (Å²) >= 11 is 0. The van der Waals surface area contributed by atoms with Gasteiger partial charge < -0.3 is 4.42 Å². The number of aromatic amines is 1. The first-order valence-corrected chi connectivity index (χ1v) is 6.49. The number of H-pyrrole nitrogens is 1. The molecule has 0 amide bonds. The van der Waals surface area contributed by atoms with Crippen LogP contribution in [0.2, 0.25) is 0 Å². The molecular weight excluding hydrogens is 266 g/mol. The molecule has 0 aliphatic rings. The van der Waals surface area contributed by atoms with Gasteiger partial charge in [0.1, 0.15) is 5.69 Å². The van der Waals surface area contributed by atoms with Crippen molar-refractivity contribution >= 4 is 10.9 Å². The molecule has 0 saturated heterocycles. The Labute approximate surface area is 119 Å². The molecule has 3 aromatic heterocycles. The number of rotatable bonds is 2. The largest absolute Gasteiger partial charge is 0.423 e. The Balaban J connectivity index is 1.92. The predicted molar refractivity (Wildman–Crippen MR) is 77.4 cm³/mol. The molecule has 0 saturated carbocycles. The van der Waals surface area contributed by atoms with Gasteiger partial charge in [-0.05, 0) is 37.3 Å². The molecule has 0 bridgehead atoms. The van der Waals surface area contributed by atoms with Crippen LogP contribution in [0.4, 0.5) is 0 Å². The second-order valence-electron chi connectivity index (χ2n) is 4.76. The summed E-state index contributed by atoms with van der Waals surface area (Å²) in [5.41, 5.74) is 4.70. The van der Waals surface area contributed by atoms with Crippen molar-refractivity contribution in [1.82, 2.24) is 25.4 Å². The zero-order chi connectivity index (χ0) is 14.2. The smallest absolute Gasteiger partial charge is 0.247 e. The first-order valence-electron chi connectivity index (χ1n) is 6.49. The van der Waals surface area contributed by atoms with Crippen LogP contribution >= 0.6 is 0 Å². The summed E-state index contributed by atoms with van der Waals surface area (Å²) in [5, 5.41) is 16.1. The summed E-state index contributed by atoms with van der Waals surface area (Å²) in [6, 6.07) is 9.84. The zero-order valence-corrected chi connectivity index (χ0v) is 11.2. The van der Waals surface area contributed by atoms with E-state index in [2.05, 4.69) is 25.4 Å². The highest BCUT2D eigenvalue weighted by atomic mass is 16.4. The lowest BCUT2D eigenvalue weighted by Gasteiger charge is -2.00. The topological polar surface area (TPSA) is 80.5 Å². The van der Waals surface area contributed by atoms with E-state index in [0.29, 0.717) is 5.89 Å². The Hall–Kier alpha value is -3.02. The molecule has 102 valence electrons. The van der Waals surface area contributed by atoms with Gasteiger partial charge in [0.05, 0.1) is 5.52 Å². The fourth-order valence-electron chi connectivity index (χ4n) is 2.36. The molecule has 6 heteroatoms. The second-order valence-corrected chi connectivity index (χ2v) is 4.76. The van der Waals surface area contributed by atoms with Gasteiger partial charge in [0.2, 0.25) is 12.3 Å². The molecule has 0 fully saturated rings. The normalized spacial score (nSPS) is 11.1. The molecule has 4 rings (SSSR count). The van der Waals surface area contributed by atoms with Crippen molar-refractivity contribution in [2.24, 2.45) is 0 Å². The monoisotopic (exact) mass is 277 g/mol. The van der Waals surface area contributed by atoms with E-state index in [1.54, 1.807) is 6.20 Å². The van der Waals surface area contributed by atoms with Crippen LogP contribution in [-0.4, -0.2) is 25.4 Å². The average Bonchev–Trinajstić information content (AvgIpc) is 3.16. The van der Waals surface area contributed by atoms with Gasteiger partial charge in [-0.1, -0.05) is 0 Å². The van der Waals surface area contributed by atoms with E-state index in [1.807, 2.05) is 37.3 Å². The van der Waals surface area contributed by atoms with E-state index >= 15 is 0 Å². The molecule has 6 nitrogen and oxygen atoms in total. The number of benzene rings is 1. The molecule has 0 aliphatic heterocycles. The lowest BCUT2D eigenvalue weighted by molar-refractivity contribution is 0.569. The van der Waals surface area contributed by atoms with Crippen LogP contribution in [0.3, 0.4) is 0 Å². The minimum absolute atomic E-state index is 0.495. The number of fused-ring (bicyclic) bond motifs is 1. The lowest BCUT2D eigenvalue weighted by Crippen LogP contribution is -1.84. The summed E-state index contributed by atoms with van der Waals surface area (Å²) in [6.07, 6.45) is 3.11. The standard InChI is InChI=1S/C15H11N5O/c1-9-6-10(4-5-16-9)14-12-7-11(15-20-17-8-21-15)2-3-13(12)18-19-14/h2-8H,1H3,(H,18,19). The lowest BCUT2D eigenvalue weighted by atomic mass is 10.1. The Bertz CT molecular complexity index is 911. The number of hydrogen-bond donors (Lipinski definition) is 1. The van der Waals surface area contributed by atoms with Gasteiger partial charge in [-0.25, -0.2) is 0 Å². The third-order valence-electron chi connectivity index (χ3n) is 3.34. The van der Waals surface area contributed by atoms with Crippen molar-refractivity contribution < 1.29 is 4.42 Å². The summed E-state index contributed by atoms with van der Waals surface area (Å²) in [5.74, 6) is 0.495. The first-order chi connectivity index (χ1) is 10.3. The molecule has 21 heavy (non-hydrogen) atoms. The Morgan fingerprint density at radius 2 is 2.05 bits per heavy atom. The maximum Gasteiger partial charge on any atom is 0.247 e. The Morgan fingerprint density at radius 3 is 2.86 bits per heavy atom. The SMILES string of the molecule is Cc1cc(-c2n[nH]c3ccc(-c4nnco4)cc23)ccn1. The minimum atomic E-state index is 0.495. The number of pyridine rings is 1. The number of aryl methyl sites for hydroxylation is 1. The molecule has 1 aromatic carbocycles. The van der Waals surface area contributed by atoms with Crippen LogP contribution in [0.15, 0.2) is 47.3 Å². The number of nitrogens with zero attached hydrogens (tertiary/aromatic N) is 4. The van der Waals surface area contributed by atoms with Crippen molar-refractivity contribution in [2.75, 3.05) is 0 Å². The van der Waals surface area contributed by atoms with Gasteiger partial charge in [-0.3, -0.25) is 10.1 Å². The minimum Gasteiger partial charge on any atom is -0.423 e. The van der Waals surface area contributed by atoms with Crippen molar-refractivity contribution in [3.63, 3.8) is 0 Å². The molecule has 0 atom stereocenters. The maximum atomic E-state index is 5.25. The Kier molecular flexibility index (Phi) is 2.53. The van der Waals surface area contributed by atoms with Crippen molar-refractivity contribution in [3.05, 3.63) is 48.6 Å². The Morgan fingerprint density at radius 1 is 1.10 bits per heavy atom. The molecule has 0 unspecified atom stereocenters. The van der Waals surface area contributed by atoms with Crippen LogP contribution in [-0.2, 0) is 0 Å². The number of hydrogen-bond acceptors (Lipinski definition) is 5. The highest BCUT2D eigenvalue weighted by Crippen LogP contribution is 2.29. The second kappa shape index (κ2) is 4.52. The molecule has 1 N–H and O–H groups in total. The van der Waals surface area contributed by atoms with Gasteiger partial charge in [0.15, 0.2) is 0 Å². The van der Waals surface area contributed by atoms with Crippen LogP contribution in [0.5, 0.6) is 0 Å². The van der Waals surface area contributed by atoms with E-state index in [0.717, 1.165) is 33.4 Å². The first kappa shape index (κ1) is 11.8. The fraction of sp³-hybridized carbons (Fsp3) is 0.0667. The summed E-state index contributed by atoms with van der Waals surface area (Å²) in [6.45, 7) is 1.96. The molecule has 4 aromatic rings. The fourth-order valence-corrected chi connectivity index (χ4v) is 2.36. The van der Waals surface area contributed by atoms with Crippen molar-refractivity contribution in [3.8, 4) is 22.7 Å². The van der Waals surface area contributed by atoms with E-state index in [4.69, 9.17) is 4.42 Å². The predicted octanol–water partition coefficient (Wildman–Crippen LogP) is 2.98. The highest BCUT2D eigenvalue weighted by Gasteiger charge is 2.11. The van der Waals surface area contributed by atoms with Crippen LogP contribution in [0.25, 0.3) is 33.6 Å². The van der Waals surface area contributed by atoms with Crippen LogP contribution in [0.1, 0.15) is 5.69 Å². The summed E-state index contributed by atoms with van der Waals surface area (Å²) < 4.78 is 5.25. The maximum absolute atomic E-state index is 5.25. The van der Waals surface area contributed by atoms with E-state index in [1.165, 1.54) is 6.39 Å². The molecule has 0 radical (unpaired) electrons. The van der Waals surface area contributed by atoms with Crippen LogP contribution in [0, 0.1) is 6.92 Å². The molecule has 0 aliphatic carbocycles. The molecule has 3 heterocycles. The third kappa shape index (κ3) is 1.97. The van der Waals surface area contributed by atoms with Crippen molar-refractivity contribution in [1.29, 1.82) is 0 Å². The highest BCUT2D eigenvalue weighted by molar-refractivity contribution is 5.95.